The van der Waals surface area contributed by atoms with Crippen LogP contribution >= 0.6 is 0 Å². The average molecular weight is 496 g/mol. The number of carbonyl (C=O) groups is 3. The number of ether oxygens (including phenoxy) is 4. The Hall–Kier alpha value is -3.23. The predicted octanol–water partition coefficient (Wildman–Crippen LogP) is 3.65. The zero-order valence-corrected chi connectivity index (χ0v) is 21.4. The van der Waals surface area contributed by atoms with Crippen molar-refractivity contribution >= 4 is 18.2 Å². The van der Waals surface area contributed by atoms with Crippen molar-refractivity contribution in [2.24, 2.45) is 5.92 Å². The van der Waals surface area contributed by atoms with Crippen LogP contribution in [0.4, 0.5) is 0 Å². The van der Waals surface area contributed by atoms with E-state index >= 15 is 0 Å². The highest BCUT2D eigenvalue weighted by Crippen LogP contribution is 2.53. The topological polar surface area (TPSA) is 91.4 Å². The van der Waals surface area contributed by atoms with E-state index in [2.05, 4.69) is 0 Å². The molecule has 36 heavy (non-hydrogen) atoms. The Labute approximate surface area is 211 Å². The van der Waals surface area contributed by atoms with E-state index < -0.39 is 34.9 Å². The van der Waals surface area contributed by atoms with Crippen LogP contribution in [0.25, 0.3) is 0 Å². The van der Waals surface area contributed by atoms with E-state index in [9.17, 15) is 14.4 Å². The summed E-state index contributed by atoms with van der Waals surface area (Å²) in [5.41, 5.74) is -2.64. The van der Waals surface area contributed by atoms with Gasteiger partial charge in [-0.1, -0.05) is 42.5 Å². The van der Waals surface area contributed by atoms with Crippen molar-refractivity contribution in [3.8, 4) is 5.75 Å². The summed E-state index contributed by atoms with van der Waals surface area (Å²) in [6.07, 6.45) is -0.0316. The average Bonchev–Trinajstić information content (AvgIpc) is 3.27. The Morgan fingerprint density at radius 1 is 1.11 bits per heavy atom. The molecule has 0 bridgehead atoms. The molecule has 2 aromatic rings. The van der Waals surface area contributed by atoms with Crippen molar-refractivity contribution in [1.29, 1.82) is 0 Å². The predicted molar refractivity (Wildman–Crippen MR) is 131 cm³/mol. The first-order valence-corrected chi connectivity index (χ1v) is 12.0. The third-order valence-electron chi connectivity index (χ3n) is 6.88. The molecule has 0 aromatic heterocycles. The third kappa shape index (κ3) is 4.51. The van der Waals surface area contributed by atoms with E-state index in [4.69, 9.17) is 18.9 Å². The van der Waals surface area contributed by atoms with E-state index in [1.165, 1.54) is 4.90 Å². The molecule has 2 fully saturated rings. The number of nitrogens with zero attached hydrogens (tertiary/aromatic N) is 1. The number of carbonyl (C=O) groups excluding carboxylic acids is 3. The second kappa shape index (κ2) is 9.67. The molecule has 2 heterocycles. The first kappa shape index (κ1) is 25.9. The molecule has 2 aromatic carbocycles. The fourth-order valence-corrected chi connectivity index (χ4v) is 5.02. The highest BCUT2D eigenvalue weighted by molar-refractivity contribution is 6.08. The molecule has 1 amide bonds. The van der Waals surface area contributed by atoms with Gasteiger partial charge in [-0.3, -0.25) is 9.59 Å². The summed E-state index contributed by atoms with van der Waals surface area (Å²) < 4.78 is 23.2. The summed E-state index contributed by atoms with van der Waals surface area (Å²) in [4.78, 5) is 41.7. The third-order valence-corrected chi connectivity index (χ3v) is 6.88. The maximum absolute atomic E-state index is 13.8. The fourth-order valence-electron chi connectivity index (χ4n) is 5.02. The van der Waals surface area contributed by atoms with Crippen molar-refractivity contribution in [2.45, 2.75) is 70.3 Å². The van der Waals surface area contributed by atoms with Gasteiger partial charge >= 0.3 is 5.97 Å². The molecule has 0 aliphatic carbocycles. The number of rotatable bonds is 8. The second-order valence-corrected chi connectivity index (χ2v) is 10.4. The first-order chi connectivity index (χ1) is 17.0. The Bertz CT molecular complexity index is 1110. The number of esters is 1. The first-order valence-electron chi connectivity index (χ1n) is 12.0. The molecule has 8 heteroatoms. The highest BCUT2D eigenvalue weighted by atomic mass is 16.7. The van der Waals surface area contributed by atoms with Crippen LogP contribution in [0.5, 0.6) is 5.75 Å². The van der Waals surface area contributed by atoms with E-state index in [0.29, 0.717) is 12.0 Å². The molecule has 4 rings (SSSR count). The van der Waals surface area contributed by atoms with Crippen molar-refractivity contribution in [3.63, 3.8) is 0 Å². The number of hydrogen-bond acceptors (Lipinski definition) is 7. The molecule has 4 atom stereocenters. The fraction of sp³-hybridized carbons (Fsp3) is 0.464. The Balaban J connectivity index is 1.67. The number of hydrogen-bond donors (Lipinski definition) is 0. The SMILES string of the molecule is COc1ccc(CN2C(=O)[C@@H]3C[C@H](OCc4ccccc4)O[C@]3(C)[C@]2(C=O)C(=O)OC(C)(C)C)cc1. The van der Waals surface area contributed by atoms with Crippen LogP contribution in [0, 0.1) is 5.92 Å². The number of methoxy groups -OCH3 is 1. The zero-order chi connectivity index (χ0) is 26.1. The van der Waals surface area contributed by atoms with E-state index in [1.54, 1.807) is 59.1 Å². The molecular weight excluding hydrogens is 462 g/mol. The lowest BCUT2D eigenvalue weighted by atomic mass is 9.77. The lowest BCUT2D eigenvalue weighted by Gasteiger charge is -2.42. The van der Waals surface area contributed by atoms with Crippen molar-refractivity contribution in [3.05, 3.63) is 65.7 Å². The van der Waals surface area contributed by atoms with Crippen LogP contribution in [0.2, 0.25) is 0 Å². The summed E-state index contributed by atoms with van der Waals surface area (Å²) in [5, 5.41) is 0. The molecule has 0 spiro atoms. The highest BCUT2D eigenvalue weighted by Gasteiger charge is 2.75. The van der Waals surface area contributed by atoms with E-state index in [1.807, 2.05) is 30.3 Å². The van der Waals surface area contributed by atoms with Gasteiger partial charge in [0, 0.05) is 13.0 Å². The van der Waals surface area contributed by atoms with Gasteiger partial charge in [-0.05, 0) is 51.0 Å². The van der Waals surface area contributed by atoms with Crippen molar-refractivity contribution < 1.29 is 33.3 Å². The number of aldehydes is 1. The van der Waals surface area contributed by atoms with Crippen molar-refractivity contribution in [1.82, 2.24) is 4.90 Å². The van der Waals surface area contributed by atoms with Gasteiger partial charge < -0.3 is 23.8 Å². The lowest BCUT2D eigenvalue weighted by molar-refractivity contribution is -0.212. The summed E-state index contributed by atoms with van der Waals surface area (Å²) in [6.45, 7) is 7.09. The molecule has 2 aliphatic heterocycles. The Morgan fingerprint density at radius 2 is 1.78 bits per heavy atom. The van der Waals surface area contributed by atoms with Gasteiger partial charge in [0.1, 0.15) is 17.0 Å². The van der Waals surface area contributed by atoms with Gasteiger partial charge in [-0.2, -0.15) is 0 Å². The second-order valence-electron chi connectivity index (χ2n) is 10.4. The lowest BCUT2D eigenvalue weighted by Crippen LogP contribution is -2.66. The monoisotopic (exact) mass is 495 g/mol. The van der Waals surface area contributed by atoms with Gasteiger partial charge in [-0.25, -0.2) is 4.79 Å². The van der Waals surface area contributed by atoms with E-state index in [-0.39, 0.29) is 25.5 Å². The van der Waals surface area contributed by atoms with Crippen LogP contribution in [-0.2, 0) is 41.7 Å². The minimum Gasteiger partial charge on any atom is -0.497 e. The molecule has 0 saturated carbocycles. The van der Waals surface area contributed by atoms with Crippen LogP contribution in [0.15, 0.2) is 54.6 Å². The van der Waals surface area contributed by atoms with Gasteiger partial charge in [0.05, 0.1) is 19.6 Å². The molecule has 2 aliphatic rings. The number of benzene rings is 2. The minimum absolute atomic E-state index is 0.0335. The molecule has 0 N–H and O–H groups in total. The maximum Gasteiger partial charge on any atom is 0.343 e. The van der Waals surface area contributed by atoms with Gasteiger partial charge in [0.25, 0.3) is 0 Å². The van der Waals surface area contributed by atoms with Crippen LogP contribution in [0.1, 0.15) is 45.2 Å². The summed E-state index contributed by atoms with van der Waals surface area (Å²) >= 11 is 0. The minimum atomic E-state index is -1.98. The van der Waals surface area contributed by atoms with Crippen LogP contribution in [-0.4, -0.2) is 53.2 Å². The number of amides is 1. The molecular formula is C28H33NO7. The molecule has 0 unspecified atom stereocenters. The Morgan fingerprint density at radius 3 is 2.36 bits per heavy atom. The quantitative estimate of drug-likeness (QED) is 0.314. The molecule has 0 radical (unpaired) electrons. The number of fused-ring (bicyclic) bond motifs is 1. The molecule has 2 saturated heterocycles. The maximum atomic E-state index is 13.8. The van der Waals surface area contributed by atoms with Crippen LogP contribution < -0.4 is 4.74 Å². The zero-order valence-electron chi connectivity index (χ0n) is 21.4. The standard InChI is InChI=1S/C28H33NO7/c1-26(2,3)36-25(32)28(18-30)27(4)22(15-23(35-27)34-17-20-9-7-6-8-10-20)24(31)29(28)16-19-11-13-21(33-5)14-12-19/h6-14,18,22-23H,15-17H2,1-5H3/t22-,23+,27-,28-/m0/s1. The summed E-state index contributed by atoms with van der Waals surface area (Å²) in [5.74, 6) is -1.27. The summed E-state index contributed by atoms with van der Waals surface area (Å²) in [6, 6.07) is 16.7. The van der Waals surface area contributed by atoms with Gasteiger partial charge in [-0.15, -0.1) is 0 Å². The Kier molecular flexibility index (Phi) is 6.94. The van der Waals surface area contributed by atoms with E-state index in [0.717, 1.165) is 11.1 Å². The van der Waals surface area contributed by atoms with Gasteiger partial charge in [0.2, 0.25) is 11.4 Å². The summed E-state index contributed by atoms with van der Waals surface area (Å²) in [7, 11) is 1.56. The van der Waals surface area contributed by atoms with Crippen LogP contribution in [0.3, 0.4) is 0 Å². The van der Waals surface area contributed by atoms with Gasteiger partial charge in [0.15, 0.2) is 12.6 Å². The molecule has 192 valence electrons. The molecule has 8 nitrogen and oxygen atoms in total. The number of likely N-dealkylation sites (tertiary alicyclic amines) is 1. The normalized spacial score (nSPS) is 27.6. The smallest absolute Gasteiger partial charge is 0.343 e. The largest absolute Gasteiger partial charge is 0.497 e. The van der Waals surface area contributed by atoms with Crippen molar-refractivity contribution in [2.75, 3.05) is 7.11 Å².